The van der Waals surface area contributed by atoms with E-state index in [9.17, 15) is 9.59 Å². The molecular weight excluding hydrogens is 414 g/mol. The van der Waals surface area contributed by atoms with Gasteiger partial charge in [-0.15, -0.1) is 11.3 Å². The predicted molar refractivity (Wildman–Crippen MR) is 113 cm³/mol. The van der Waals surface area contributed by atoms with E-state index in [1.807, 2.05) is 11.4 Å². The number of rotatable bonds is 7. The van der Waals surface area contributed by atoms with E-state index in [-0.39, 0.29) is 6.54 Å². The summed E-state index contributed by atoms with van der Waals surface area (Å²) in [6, 6.07) is 12.0. The van der Waals surface area contributed by atoms with Crippen molar-refractivity contribution in [1.82, 2.24) is 10.3 Å². The molecule has 150 valence electrons. The fourth-order valence-corrected chi connectivity index (χ4v) is 3.48. The van der Waals surface area contributed by atoms with Crippen LogP contribution in [0.4, 0.5) is 5.13 Å². The van der Waals surface area contributed by atoms with E-state index < -0.39 is 11.8 Å². The number of carbonyl (C=O) groups excluding carboxylic acids is 2. The van der Waals surface area contributed by atoms with Gasteiger partial charge in [-0.3, -0.25) is 9.59 Å². The quantitative estimate of drug-likeness (QED) is 0.593. The van der Waals surface area contributed by atoms with Crippen LogP contribution in [0.5, 0.6) is 11.5 Å². The number of aromatic nitrogens is 1. The van der Waals surface area contributed by atoms with E-state index in [0.717, 1.165) is 5.56 Å². The van der Waals surface area contributed by atoms with Crippen LogP contribution in [0, 0.1) is 0 Å². The topological polar surface area (TPSA) is 89.6 Å². The van der Waals surface area contributed by atoms with Gasteiger partial charge in [0.15, 0.2) is 5.13 Å². The average molecular weight is 432 g/mol. The van der Waals surface area contributed by atoms with Gasteiger partial charge in [0.25, 0.3) is 5.91 Å². The molecule has 3 rings (SSSR count). The van der Waals surface area contributed by atoms with Crippen LogP contribution in [0.1, 0.15) is 10.4 Å². The van der Waals surface area contributed by atoms with Crippen LogP contribution in [0.3, 0.4) is 0 Å². The van der Waals surface area contributed by atoms with Gasteiger partial charge in [0.2, 0.25) is 5.91 Å². The van der Waals surface area contributed by atoms with Crippen LogP contribution in [0.25, 0.3) is 11.3 Å². The monoisotopic (exact) mass is 431 g/mol. The number of benzene rings is 2. The summed E-state index contributed by atoms with van der Waals surface area (Å²) in [5, 5.41) is 7.75. The molecule has 2 amide bonds. The fourth-order valence-electron chi connectivity index (χ4n) is 2.53. The largest absolute Gasteiger partial charge is 0.497 e. The van der Waals surface area contributed by atoms with Crippen molar-refractivity contribution in [3.05, 3.63) is 58.4 Å². The molecule has 2 N–H and O–H groups in total. The summed E-state index contributed by atoms with van der Waals surface area (Å²) in [5.74, 6) is 0.463. The van der Waals surface area contributed by atoms with Crippen LogP contribution in [0.2, 0.25) is 5.02 Å². The van der Waals surface area contributed by atoms with Crippen molar-refractivity contribution < 1.29 is 19.1 Å². The molecule has 0 unspecified atom stereocenters. The lowest BCUT2D eigenvalue weighted by Crippen LogP contribution is -2.32. The molecule has 3 aromatic rings. The van der Waals surface area contributed by atoms with Gasteiger partial charge >= 0.3 is 0 Å². The Bertz CT molecular complexity index is 1040. The second-order valence-corrected chi connectivity index (χ2v) is 7.08. The molecule has 0 atom stereocenters. The van der Waals surface area contributed by atoms with Gasteiger partial charge < -0.3 is 20.1 Å². The van der Waals surface area contributed by atoms with E-state index in [1.54, 1.807) is 50.6 Å². The Labute approximate surface area is 176 Å². The van der Waals surface area contributed by atoms with Gasteiger partial charge in [-0.2, -0.15) is 0 Å². The zero-order valence-corrected chi connectivity index (χ0v) is 17.3. The Morgan fingerprint density at radius 3 is 2.66 bits per heavy atom. The number of amides is 2. The minimum Gasteiger partial charge on any atom is -0.497 e. The molecule has 0 aliphatic carbocycles. The number of anilines is 1. The molecule has 0 fully saturated rings. The summed E-state index contributed by atoms with van der Waals surface area (Å²) < 4.78 is 10.6. The van der Waals surface area contributed by atoms with Crippen molar-refractivity contribution in [2.24, 2.45) is 0 Å². The van der Waals surface area contributed by atoms with E-state index in [2.05, 4.69) is 15.6 Å². The molecule has 0 saturated heterocycles. The molecule has 0 spiro atoms. The smallest absolute Gasteiger partial charge is 0.253 e. The molecule has 29 heavy (non-hydrogen) atoms. The van der Waals surface area contributed by atoms with Crippen molar-refractivity contribution in [1.29, 1.82) is 0 Å². The van der Waals surface area contributed by atoms with Crippen molar-refractivity contribution in [3.63, 3.8) is 0 Å². The van der Waals surface area contributed by atoms with Gasteiger partial charge in [-0.05, 0) is 24.3 Å². The molecule has 0 saturated carbocycles. The van der Waals surface area contributed by atoms with Gasteiger partial charge in [0.1, 0.15) is 11.5 Å². The second-order valence-electron chi connectivity index (χ2n) is 5.81. The maximum absolute atomic E-state index is 12.2. The summed E-state index contributed by atoms with van der Waals surface area (Å²) in [7, 11) is 3.14. The lowest BCUT2D eigenvalue weighted by Gasteiger charge is -2.08. The van der Waals surface area contributed by atoms with Crippen molar-refractivity contribution in [3.8, 4) is 22.8 Å². The molecule has 0 bridgehead atoms. The van der Waals surface area contributed by atoms with E-state index in [0.29, 0.717) is 32.9 Å². The second kappa shape index (κ2) is 9.40. The Hall–Kier alpha value is -3.10. The molecule has 7 nitrogen and oxygen atoms in total. The number of hydrogen-bond donors (Lipinski definition) is 2. The molecule has 0 radical (unpaired) electrons. The SMILES string of the molecule is COc1ccc(-c2csc(NC(=O)CNC(=O)c3ccccc3Cl)n2)c(OC)c1. The molecule has 0 aliphatic heterocycles. The zero-order chi connectivity index (χ0) is 20.8. The number of thiazole rings is 1. The summed E-state index contributed by atoms with van der Waals surface area (Å²) in [6.07, 6.45) is 0. The highest BCUT2D eigenvalue weighted by atomic mass is 35.5. The van der Waals surface area contributed by atoms with E-state index in [4.69, 9.17) is 21.1 Å². The van der Waals surface area contributed by atoms with Gasteiger partial charge in [0.05, 0.1) is 37.0 Å². The molecule has 2 aromatic carbocycles. The Morgan fingerprint density at radius 1 is 1.14 bits per heavy atom. The highest BCUT2D eigenvalue weighted by molar-refractivity contribution is 7.14. The summed E-state index contributed by atoms with van der Waals surface area (Å²) >= 11 is 7.25. The van der Waals surface area contributed by atoms with Crippen LogP contribution in [0.15, 0.2) is 47.8 Å². The van der Waals surface area contributed by atoms with Crippen molar-refractivity contribution >= 4 is 39.9 Å². The first kappa shape index (κ1) is 20.6. The highest BCUT2D eigenvalue weighted by Crippen LogP contribution is 2.34. The third-order valence-electron chi connectivity index (χ3n) is 3.96. The fraction of sp³-hybridized carbons (Fsp3) is 0.150. The lowest BCUT2D eigenvalue weighted by molar-refractivity contribution is -0.115. The number of nitrogens with one attached hydrogen (secondary N) is 2. The number of methoxy groups -OCH3 is 2. The standard InChI is InChI=1S/C20H18ClN3O4S/c1-27-12-7-8-14(17(9-12)28-2)16-11-29-20(23-16)24-18(25)10-22-19(26)13-5-3-4-6-15(13)21/h3-9,11H,10H2,1-2H3,(H,22,26)(H,23,24,25). The number of ether oxygens (including phenoxy) is 2. The highest BCUT2D eigenvalue weighted by Gasteiger charge is 2.14. The maximum Gasteiger partial charge on any atom is 0.253 e. The first-order valence-electron chi connectivity index (χ1n) is 8.52. The van der Waals surface area contributed by atoms with Crippen LogP contribution >= 0.6 is 22.9 Å². The number of nitrogens with zero attached hydrogens (tertiary/aromatic N) is 1. The molecular formula is C20H18ClN3O4S. The predicted octanol–water partition coefficient (Wildman–Crippen LogP) is 3.85. The molecule has 0 aliphatic rings. The van der Waals surface area contributed by atoms with Gasteiger partial charge in [-0.25, -0.2) is 4.98 Å². The van der Waals surface area contributed by atoms with Crippen molar-refractivity contribution in [2.75, 3.05) is 26.1 Å². The Morgan fingerprint density at radius 2 is 1.93 bits per heavy atom. The minimum atomic E-state index is -0.423. The zero-order valence-electron chi connectivity index (χ0n) is 15.7. The van der Waals surface area contributed by atoms with Crippen molar-refractivity contribution in [2.45, 2.75) is 0 Å². The maximum atomic E-state index is 12.2. The van der Waals surface area contributed by atoms with E-state index >= 15 is 0 Å². The number of halogens is 1. The first-order valence-corrected chi connectivity index (χ1v) is 9.78. The van der Waals surface area contributed by atoms with Crippen LogP contribution in [-0.2, 0) is 4.79 Å². The third-order valence-corrected chi connectivity index (χ3v) is 5.05. The first-order chi connectivity index (χ1) is 14.0. The Balaban J connectivity index is 1.62. The van der Waals surface area contributed by atoms with Gasteiger partial charge in [0, 0.05) is 17.0 Å². The Kier molecular flexibility index (Phi) is 6.69. The normalized spacial score (nSPS) is 10.3. The summed E-state index contributed by atoms with van der Waals surface area (Å²) in [6.45, 7) is -0.204. The summed E-state index contributed by atoms with van der Waals surface area (Å²) in [4.78, 5) is 28.7. The number of carbonyl (C=O) groups is 2. The van der Waals surface area contributed by atoms with Crippen LogP contribution < -0.4 is 20.1 Å². The third kappa shape index (κ3) is 5.04. The van der Waals surface area contributed by atoms with Crippen LogP contribution in [-0.4, -0.2) is 37.6 Å². The van der Waals surface area contributed by atoms with E-state index in [1.165, 1.54) is 11.3 Å². The summed E-state index contributed by atoms with van der Waals surface area (Å²) in [5.41, 5.74) is 1.74. The minimum absolute atomic E-state index is 0.204. The average Bonchev–Trinajstić information content (AvgIpc) is 3.19. The molecule has 9 heteroatoms. The number of hydrogen-bond acceptors (Lipinski definition) is 6. The molecule has 1 aromatic heterocycles. The lowest BCUT2D eigenvalue weighted by atomic mass is 10.1. The van der Waals surface area contributed by atoms with Gasteiger partial charge in [-0.1, -0.05) is 23.7 Å². The molecule has 1 heterocycles.